The summed E-state index contributed by atoms with van der Waals surface area (Å²) in [6.07, 6.45) is -0.488. The van der Waals surface area contributed by atoms with E-state index in [-0.39, 0.29) is 23.3 Å². The average Bonchev–Trinajstić information content (AvgIpc) is 2.21. The Morgan fingerprint density at radius 2 is 1.68 bits per heavy atom. The summed E-state index contributed by atoms with van der Waals surface area (Å²) in [6, 6.07) is -0.327. The highest BCUT2D eigenvalue weighted by atomic mass is 35.5. The summed E-state index contributed by atoms with van der Waals surface area (Å²) in [4.78, 5) is 12.0. The van der Waals surface area contributed by atoms with E-state index >= 15 is 0 Å². The van der Waals surface area contributed by atoms with Crippen molar-refractivity contribution in [2.24, 2.45) is 11.3 Å². The molecule has 0 aromatic rings. The number of alkyl carbamates (subject to hydrolysis) is 1. The minimum absolute atomic E-state index is 0.130. The lowest BCUT2D eigenvalue weighted by Gasteiger charge is -2.40. The molecule has 0 aliphatic rings. The number of alkyl halides is 2. The van der Waals surface area contributed by atoms with Gasteiger partial charge in [0.1, 0.15) is 11.2 Å². The van der Waals surface area contributed by atoms with E-state index in [2.05, 4.69) is 39.2 Å². The third-order valence-corrected chi connectivity index (χ3v) is 4.70. The van der Waals surface area contributed by atoms with Crippen molar-refractivity contribution in [3.05, 3.63) is 0 Å². The van der Waals surface area contributed by atoms with Gasteiger partial charge >= 0.3 is 6.09 Å². The topological polar surface area (TPSA) is 47.6 Å². The molecule has 22 heavy (non-hydrogen) atoms. The lowest BCUT2D eigenvalue weighted by molar-refractivity contribution is 0.0399. The molecule has 132 valence electrons. The van der Waals surface area contributed by atoms with Gasteiger partial charge in [-0.1, -0.05) is 32.4 Å². The van der Waals surface area contributed by atoms with Gasteiger partial charge < -0.3 is 14.5 Å². The number of carbonyl (C=O) groups excluding carboxylic acids is 1. The molecule has 0 aliphatic heterocycles. The van der Waals surface area contributed by atoms with Gasteiger partial charge in [-0.3, -0.25) is 0 Å². The smallest absolute Gasteiger partial charge is 0.407 e. The van der Waals surface area contributed by atoms with Gasteiger partial charge in [-0.25, -0.2) is 4.79 Å². The zero-order valence-electron chi connectivity index (χ0n) is 15.0. The molecule has 0 heterocycles. The molecule has 0 saturated heterocycles. The molecular formula is C15H31Cl2NO3Si. The van der Waals surface area contributed by atoms with E-state index in [4.69, 9.17) is 32.4 Å². The Kier molecular flexibility index (Phi) is 8.77. The summed E-state index contributed by atoms with van der Waals surface area (Å²) in [5.41, 5.74) is -1.23. The van der Waals surface area contributed by atoms with Crippen molar-refractivity contribution in [2.45, 2.75) is 71.8 Å². The Balaban J connectivity index is 5.11. The molecule has 0 saturated carbocycles. The number of carbonyl (C=O) groups is 1. The number of ether oxygens (including phenoxy) is 1. The van der Waals surface area contributed by atoms with Gasteiger partial charge in [0.05, 0.1) is 6.04 Å². The summed E-state index contributed by atoms with van der Waals surface area (Å²) >= 11 is 12.6. The highest BCUT2D eigenvalue weighted by Crippen LogP contribution is 2.35. The molecule has 1 amide bonds. The summed E-state index contributed by atoms with van der Waals surface area (Å²) < 4.78 is 11.2. The number of amides is 1. The van der Waals surface area contributed by atoms with Crippen molar-refractivity contribution in [1.29, 1.82) is 0 Å². The van der Waals surface area contributed by atoms with Gasteiger partial charge in [-0.05, 0) is 39.3 Å². The molecule has 0 rings (SSSR count). The maximum absolute atomic E-state index is 12.0. The molecule has 0 aliphatic carbocycles. The molecule has 0 bridgehead atoms. The van der Waals surface area contributed by atoms with E-state index in [1.807, 2.05) is 20.8 Å². The number of hydrogen-bond donors (Lipinski definition) is 1. The van der Waals surface area contributed by atoms with Crippen LogP contribution in [0.4, 0.5) is 4.79 Å². The molecule has 0 aromatic heterocycles. The van der Waals surface area contributed by atoms with Crippen LogP contribution in [-0.4, -0.2) is 38.2 Å². The second-order valence-electron chi connectivity index (χ2n) is 7.83. The zero-order valence-corrected chi connectivity index (χ0v) is 17.7. The third-order valence-electron chi connectivity index (χ3n) is 2.99. The normalized spacial score (nSPS) is 17.0. The lowest BCUT2D eigenvalue weighted by Crippen LogP contribution is -2.51. The Labute approximate surface area is 146 Å². The van der Waals surface area contributed by atoms with Gasteiger partial charge in [-0.15, -0.1) is 11.6 Å². The van der Waals surface area contributed by atoms with Crippen LogP contribution >= 0.6 is 23.2 Å². The summed E-state index contributed by atoms with van der Waals surface area (Å²) in [6.45, 7) is 15.8. The number of nitrogens with one attached hydrogen (secondary N) is 1. The first-order valence-corrected chi connectivity index (χ1v) is 11.4. The maximum Gasteiger partial charge on any atom is 0.407 e. The molecule has 4 nitrogen and oxygen atoms in total. The minimum Gasteiger partial charge on any atom is -0.444 e. The highest BCUT2D eigenvalue weighted by Gasteiger charge is 2.39. The third kappa shape index (κ3) is 8.60. The molecule has 1 N–H and O–H groups in total. The van der Waals surface area contributed by atoms with Crippen molar-refractivity contribution in [2.75, 3.05) is 5.88 Å². The van der Waals surface area contributed by atoms with E-state index in [0.717, 1.165) is 0 Å². The monoisotopic (exact) mass is 371 g/mol. The summed E-state index contributed by atoms with van der Waals surface area (Å²) in [7, 11) is -1.30. The van der Waals surface area contributed by atoms with Crippen molar-refractivity contribution < 1.29 is 14.0 Å². The largest absolute Gasteiger partial charge is 0.444 e. The van der Waals surface area contributed by atoms with Crippen LogP contribution in [0.1, 0.15) is 41.5 Å². The Morgan fingerprint density at radius 1 is 1.18 bits per heavy atom. The molecule has 0 fully saturated rings. The fraction of sp³-hybridized carbons (Fsp3) is 0.933. The van der Waals surface area contributed by atoms with E-state index in [1.165, 1.54) is 0 Å². The first-order chi connectivity index (χ1) is 9.77. The van der Waals surface area contributed by atoms with E-state index in [9.17, 15) is 4.79 Å². The second kappa shape index (κ2) is 8.76. The van der Waals surface area contributed by atoms with Gasteiger partial charge in [-0.2, -0.15) is 0 Å². The predicted molar refractivity (Wildman–Crippen MR) is 96.4 cm³/mol. The lowest BCUT2D eigenvalue weighted by atomic mass is 9.77. The zero-order chi connectivity index (χ0) is 17.7. The Bertz CT molecular complexity index is 354. The second-order valence-corrected chi connectivity index (χ2v) is 10.9. The molecule has 3 atom stereocenters. The van der Waals surface area contributed by atoms with Crippen LogP contribution in [0.5, 0.6) is 0 Å². The van der Waals surface area contributed by atoms with Crippen LogP contribution in [0.25, 0.3) is 0 Å². The maximum atomic E-state index is 12.0. The molecular weight excluding hydrogens is 341 g/mol. The van der Waals surface area contributed by atoms with Crippen LogP contribution in [0, 0.1) is 11.3 Å². The van der Waals surface area contributed by atoms with Gasteiger partial charge in [0.15, 0.2) is 9.04 Å². The highest BCUT2D eigenvalue weighted by molar-refractivity contribution is 6.49. The van der Waals surface area contributed by atoms with E-state index in [0.29, 0.717) is 0 Å². The fourth-order valence-corrected chi connectivity index (χ4v) is 4.34. The van der Waals surface area contributed by atoms with Crippen molar-refractivity contribution in [1.82, 2.24) is 5.32 Å². The number of hydrogen-bond acceptors (Lipinski definition) is 3. The van der Waals surface area contributed by atoms with Crippen LogP contribution < -0.4 is 5.32 Å². The standard InChI is InChI=1S/C15H31Cl2NO3Si/c1-14(2,3)11(12(17)21-22(7)8)10(9-16)18-13(19)20-15(4,5)6/h10-12,22H,9H2,1-8H3,(H,18,19)/t10-,11-,12?/m0/s1. The van der Waals surface area contributed by atoms with Crippen LogP contribution in [0.3, 0.4) is 0 Å². The van der Waals surface area contributed by atoms with Crippen molar-refractivity contribution in [3.8, 4) is 0 Å². The van der Waals surface area contributed by atoms with Crippen molar-refractivity contribution >= 4 is 38.3 Å². The summed E-state index contributed by atoms with van der Waals surface area (Å²) in [5.74, 6) is 0.113. The predicted octanol–water partition coefficient (Wildman–Crippen LogP) is 4.35. The van der Waals surface area contributed by atoms with Crippen LogP contribution in [0.2, 0.25) is 13.1 Å². The number of rotatable bonds is 6. The van der Waals surface area contributed by atoms with Crippen LogP contribution in [-0.2, 0) is 9.16 Å². The first kappa shape index (κ1) is 22.0. The van der Waals surface area contributed by atoms with E-state index < -0.39 is 26.3 Å². The molecule has 0 spiro atoms. The quantitative estimate of drug-likeness (QED) is 0.557. The average molecular weight is 372 g/mol. The molecule has 0 aromatic carbocycles. The Hall–Kier alpha value is 0.0269. The first-order valence-electron chi connectivity index (χ1n) is 7.63. The SMILES string of the molecule is C[SiH](C)OC(Cl)[C@H]([C@H](CCl)NC(=O)OC(C)(C)C)C(C)(C)C. The fourth-order valence-electron chi connectivity index (χ4n) is 2.21. The molecule has 1 unspecified atom stereocenters. The Morgan fingerprint density at radius 3 is 2.00 bits per heavy atom. The van der Waals surface area contributed by atoms with Gasteiger partial charge in [0.25, 0.3) is 0 Å². The number of halogens is 2. The van der Waals surface area contributed by atoms with Crippen LogP contribution in [0.15, 0.2) is 0 Å². The molecule has 0 radical (unpaired) electrons. The minimum atomic E-state index is -1.30. The molecule has 7 heteroatoms. The van der Waals surface area contributed by atoms with Gasteiger partial charge in [0, 0.05) is 11.8 Å². The summed E-state index contributed by atoms with van der Waals surface area (Å²) in [5, 5.41) is 2.84. The van der Waals surface area contributed by atoms with Gasteiger partial charge in [0.2, 0.25) is 0 Å². The van der Waals surface area contributed by atoms with Crippen molar-refractivity contribution in [3.63, 3.8) is 0 Å². The van der Waals surface area contributed by atoms with E-state index in [1.54, 1.807) is 0 Å².